The zero-order valence-electron chi connectivity index (χ0n) is 12.6. The second kappa shape index (κ2) is 5.92. The predicted octanol–water partition coefficient (Wildman–Crippen LogP) is 2.24. The van der Waals surface area contributed by atoms with Crippen molar-refractivity contribution in [2.24, 2.45) is 0 Å². The van der Waals surface area contributed by atoms with Crippen molar-refractivity contribution in [3.63, 3.8) is 0 Å². The molecule has 0 amide bonds. The summed E-state index contributed by atoms with van der Waals surface area (Å²) in [4.78, 5) is 0. The second-order valence-electron chi connectivity index (χ2n) is 5.20. The van der Waals surface area contributed by atoms with Crippen LogP contribution < -0.4 is 5.32 Å². The fourth-order valence-corrected chi connectivity index (χ4v) is 2.76. The molecule has 1 saturated heterocycles. The van der Waals surface area contributed by atoms with Gasteiger partial charge in [0.25, 0.3) is 10.1 Å². The van der Waals surface area contributed by atoms with E-state index < -0.39 is 28.3 Å². The molecule has 7 heteroatoms. The predicted molar refractivity (Wildman–Crippen MR) is 79.3 cm³/mol. The first-order valence-electron chi connectivity index (χ1n) is 6.81. The number of rotatable bonds is 5. The molecule has 21 heavy (non-hydrogen) atoms. The van der Waals surface area contributed by atoms with E-state index in [4.69, 9.17) is 13.7 Å². The summed E-state index contributed by atoms with van der Waals surface area (Å²) in [6, 6.07) is 7.48. The minimum absolute atomic E-state index is 0.117. The van der Waals surface area contributed by atoms with Crippen LogP contribution in [0.15, 0.2) is 24.3 Å². The van der Waals surface area contributed by atoms with E-state index in [1.807, 2.05) is 24.3 Å². The molecule has 2 rings (SSSR count). The number of anilines is 1. The Kier molecular flexibility index (Phi) is 4.57. The number of ether oxygens (including phenoxy) is 2. The molecule has 1 aromatic carbocycles. The Morgan fingerprint density at radius 3 is 2.57 bits per heavy atom. The number of para-hydroxylation sites is 1. The Morgan fingerprint density at radius 2 is 1.95 bits per heavy atom. The van der Waals surface area contributed by atoms with Gasteiger partial charge in [0.15, 0.2) is 5.79 Å². The summed E-state index contributed by atoms with van der Waals surface area (Å²) in [5, 5.41) is 3.06. The highest BCUT2D eigenvalue weighted by atomic mass is 32.2. The standard InChI is InChI=1S/C14H21NO5S/c1-5-21(16,17)20-13-12(18-14(2,3)19-13)10-8-6-7-9-11(10)15-4/h6-9,12-13,15H,5H2,1-4H3. The first-order chi connectivity index (χ1) is 9.78. The van der Waals surface area contributed by atoms with E-state index in [0.29, 0.717) is 0 Å². The summed E-state index contributed by atoms with van der Waals surface area (Å²) in [5.74, 6) is -1.03. The lowest BCUT2D eigenvalue weighted by Crippen LogP contribution is -2.26. The summed E-state index contributed by atoms with van der Waals surface area (Å²) in [5.41, 5.74) is 1.63. The van der Waals surface area contributed by atoms with Gasteiger partial charge in [0.05, 0.1) is 5.75 Å². The van der Waals surface area contributed by atoms with E-state index in [-0.39, 0.29) is 5.75 Å². The van der Waals surface area contributed by atoms with Gasteiger partial charge in [-0.15, -0.1) is 0 Å². The molecular weight excluding hydrogens is 294 g/mol. The Bertz CT molecular complexity index is 599. The topological polar surface area (TPSA) is 73.9 Å². The Balaban J connectivity index is 2.35. The molecule has 0 saturated carbocycles. The van der Waals surface area contributed by atoms with Crippen LogP contribution >= 0.6 is 0 Å². The fraction of sp³-hybridized carbons (Fsp3) is 0.571. The summed E-state index contributed by atoms with van der Waals surface area (Å²) < 4.78 is 40.0. The highest BCUT2D eigenvalue weighted by Gasteiger charge is 2.45. The van der Waals surface area contributed by atoms with Crippen LogP contribution in [0.1, 0.15) is 32.4 Å². The van der Waals surface area contributed by atoms with Crippen LogP contribution in [0.5, 0.6) is 0 Å². The van der Waals surface area contributed by atoms with Crippen molar-refractivity contribution in [2.45, 2.75) is 39.0 Å². The van der Waals surface area contributed by atoms with Gasteiger partial charge in [-0.3, -0.25) is 0 Å². The monoisotopic (exact) mass is 315 g/mol. The van der Waals surface area contributed by atoms with Gasteiger partial charge in [-0.1, -0.05) is 18.2 Å². The van der Waals surface area contributed by atoms with Crippen molar-refractivity contribution in [1.82, 2.24) is 0 Å². The maximum atomic E-state index is 11.7. The van der Waals surface area contributed by atoms with E-state index in [1.54, 1.807) is 20.9 Å². The number of nitrogens with one attached hydrogen (secondary N) is 1. The summed E-state index contributed by atoms with van der Waals surface area (Å²) in [6.45, 7) is 4.97. The Labute approximate surface area is 125 Å². The van der Waals surface area contributed by atoms with Crippen molar-refractivity contribution in [3.05, 3.63) is 29.8 Å². The first-order valence-corrected chi connectivity index (χ1v) is 8.39. The third-order valence-corrected chi connectivity index (χ3v) is 4.38. The van der Waals surface area contributed by atoms with E-state index in [1.165, 1.54) is 6.92 Å². The molecule has 0 aromatic heterocycles. The van der Waals surface area contributed by atoms with Crippen LogP contribution in [0.25, 0.3) is 0 Å². The third-order valence-electron chi connectivity index (χ3n) is 3.19. The molecule has 1 N–H and O–H groups in total. The van der Waals surface area contributed by atoms with E-state index in [0.717, 1.165) is 11.3 Å². The molecule has 1 aliphatic heterocycles. The van der Waals surface area contributed by atoms with Gasteiger partial charge in [0, 0.05) is 18.3 Å². The SMILES string of the molecule is CCS(=O)(=O)OC1OC(C)(C)OC1c1ccccc1NC. The number of benzene rings is 1. The van der Waals surface area contributed by atoms with E-state index in [9.17, 15) is 8.42 Å². The zero-order valence-corrected chi connectivity index (χ0v) is 13.4. The van der Waals surface area contributed by atoms with E-state index in [2.05, 4.69) is 5.32 Å². The molecule has 2 atom stereocenters. The zero-order chi connectivity index (χ0) is 15.7. The van der Waals surface area contributed by atoms with Crippen molar-refractivity contribution in [1.29, 1.82) is 0 Å². The van der Waals surface area contributed by atoms with Crippen LogP contribution in [0.2, 0.25) is 0 Å². The molecule has 1 aromatic rings. The molecule has 0 aliphatic carbocycles. The van der Waals surface area contributed by atoms with Gasteiger partial charge in [-0.2, -0.15) is 8.42 Å². The smallest absolute Gasteiger partial charge is 0.269 e. The summed E-state index contributed by atoms with van der Waals surface area (Å²) in [6.07, 6.45) is -1.62. The Morgan fingerprint density at radius 1 is 1.29 bits per heavy atom. The van der Waals surface area contributed by atoms with Gasteiger partial charge in [-0.05, 0) is 26.8 Å². The van der Waals surface area contributed by atoms with Crippen molar-refractivity contribution >= 4 is 15.8 Å². The molecule has 6 nitrogen and oxygen atoms in total. The normalized spacial score (nSPS) is 25.0. The van der Waals surface area contributed by atoms with Gasteiger partial charge in [-0.25, -0.2) is 4.18 Å². The quantitative estimate of drug-likeness (QED) is 0.840. The maximum absolute atomic E-state index is 11.7. The molecule has 1 fully saturated rings. The largest absolute Gasteiger partial charge is 0.388 e. The van der Waals surface area contributed by atoms with Gasteiger partial charge < -0.3 is 14.8 Å². The molecule has 1 aliphatic rings. The second-order valence-corrected chi connectivity index (χ2v) is 7.09. The summed E-state index contributed by atoms with van der Waals surface area (Å²) in [7, 11) is -1.85. The summed E-state index contributed by atoms with van der Waals surface area (Å²) >= 11 is 0. The average molecular weight is 315 g/mol. The van der Waals surface area contributed by atoms with Crippen LogP contribution in [-0.2, 0) is 23.8 Å². The van der Waals surface area contributed by atoms with Crippen LogP contribution in [0.3, 0.4) is 0 Å². The van der Waals surface area contributed by atoms with Gasteiger partial charge in [0.2, 0.25) is 6.29 Å². The van der Waals surface area contributed by atoms with Crippen LogP contribution in [0, 0.1) is 0 Å². The number of hydrogen-bond donors (Lipinski definition) is 1. The lowest BCUT2D eigenvalue weighted by Gasteiger charge is -2.19. The highest BCUT2D eigenvalue weighted by Crippen LogP contribution is 2.41. The van der Waals surface area contributed by atoms with Crippen LogP contribution in [0.4, 0.5) is 5.69 Å². The minimum Gasteiger partial charge on any atom is -0.388 e. The van der Waals surface area contributed by atoms with Crippen LogP contribution in [-0.4, -0.2) is 33.3 Å². The number of hydrogen-bond acceptors (Lipinski definition) is 6. The van der Waals surface area contributed by atoms with Crippen molar-refractivity contribution < 1.29 is 22.1 Å². The third kappa shape index (κ3) is 3.74. The maximum Gasteiger partial charge on any atom is 0.269 e. The lowest BCUT2D eigenvalue weighted by molar-refractivity contribution is -0.167. The fourth-order valence-electron chi connectivity index (χ4n) is 2.20. The molecule has 0 spiro atoms. The molecule has 0 bridgehead atoms. The first kappa shape index (κ1) is 16.2. The Hall–Kier alpha value is -1.15. The molecular formula is C14H21NO5S. The molecule has 118 valence electrons. The van der Waals surface area contributed by atoms with Crippen molar-refractivity contribution in [2.75, 3.05) is 18.1 Å². The minimum atomic E-state index is -3.64. The van der Waals surface area contributed by atoms with E-state index >= 15 is 0 Å². The molecule has 0 radical (unpaired) electrons. The van der Waals surface area contributed by atoms with Crippen molar-refractivity contribution in [3.8, 4) is 0 Å². The van der Waals surface area contributed by atoms with Gasteiger partial charge in [0.1, 0.15) is 6.10 Å². The lowest BCUT2D eigenvalue weighted by atomic mass is 10.1. The average Bonchev–Trinajstić information content (AvgIpc) is 2.72. The molecule has 1 heterocycles. The molecule has 2 unspecified atom stereocenters. The van der Waals surface area contributed by atoms with Gasteiger partial charge >= 0.3 is 0 Å². The highest BCUT2D eigenvalue weighted by molar-refractivity contribution is 7.86.